The Bertz CT molecular complexity index is 2000. The van der Waals surface area contributed by atoms with Gasteiger partial charge in [-0.05, 0) is 66.1 Å². The zero-order valence-corrected chi connectivity index (χ0v) is 22.2. The Kier molecular flexibility index (Phi) is 5.44. The van der Waals surface area contributed by atoms with E-state index in [0.29, 0.717) is 5.92 Å². The minimum Gasteiger partial charge on any atom is -0.457 e. The molecular weight excluding hydrogens is 480 g/mol. The van der Waals surface area contributed by atoms with Crippen molar-refractivity contribution in [3.63, 3.8) is 0 Å². The summed E-state index contributed by atoms with van der Waals surface area (Å²) in [6.45, 7) is 4.42. The van der Waals surface area contributed by atoms with Crippen molar-refractivity contribution in [3.8, 4) is 23.0 Å². The van der Waals surface area contributed by atoms with Gasteiger partial charge >= 0.3 is 0 Å². The van der Waals surface area contributed by atoms with Crippen molar-refractivity contribution in [2.24, 2.45) is 7.05 Å². The molecule has 39 heavy (non-hydrogen) atoms. The lowest BCUT2D eigenvalue weighted by molar-refractivity contribution is -0.645. The highest BCUT2D eigenvalue weighted by Gasteiger charge is 2.17. The van der Waals surface area contributed by atoms with Gasteiger partial charge in [0, 0.05) is 29.1 Å². The highest BCUT2D eigenvalue weighted by atomic mass is 16.5. The molecule has 4 aromatic carbocycles. The number of fused-ring (bicyclic) bond motifs is 4. The van der Waals surface area contributed by atoms with Crippen LogP contribution in [-0.4, -0.2) is 14.1 Å². The minimum absolute atomic E-state index is 0.422. The fourth-order valence-electron chi connectivity index (χ4n) is 5.48. The minimum atomic E-state index is 0.422. The van der Waals surface area contributed by atoms with E-state index in [0.717, 1.165) is 39.6 Å². The molecule has 7 aromatic rings. The maximum Gasteiger partial charge on any atom is 0.249 e. The van der Waals surface area contributed by atoms with E-state index in [1.165, 1.54) is 21.9 Å². The first-order chi connectivity index (χ1) is 19.1. The molecule has 0 N–H and O–H groups in total. The number of hydrogen-bond acceptors (Lipinski definition) is 2. The number of para-hydroxylation sites is 3. The summed E-state index contributed by atoms with van der Waals surface area (Å²) in [6, 6.07) is 35.7. The lowest BCUT2D eigenvalue weighted by Gasteiger charge is -2.11. The number of ether oxygens (including phenoxy) is 1. The smallest absolute Gasteiger partial charge is 0.249 e. The third-order valence-corrected chi connectivity index (χ3v) is 7.45. The van der Waals surface area contributed by atoms with E-state index in [4.69, 9.17) is 9.72 Å². The van der Waals surface area contributed by atoms with Crippen molar-refractivity contribution in [1.82, 2.24) is 14.1 Å². The highest BCUT2D eigenvalue weighted by molar-refractivity contribution is 6.09. The Morgan fingerprint density at radius 3 is 2.36 bits per heavy atom. The normalized spacial score (nSPS) is 11.7. The average molecular weight is 510 g/mol. The van der Waals surface area contributed by atoms with Gasteiger partial charge in [-0.3, -0.25) is 4.57 Å². The molecule has 0 amide bonds. The summed E-state index contributed by atoms with van der Waals surface area (Å²) >= 11 is 0. The molecule has 3 heterocycles. The Labute approximate surface area is 227 Å². The zero-order valence-electron chi connectivity index (χ0n) is 22.2. The van der Waals surface area contributed by atoms with E-state index in [-0.39, 0.29) is 0 Å². The van der Waals surface area contributed by atoms with Gasteiger partial charge in [-0.2, -0.15) is 4.57 Å². The third-order valence-electron chi connectivity index (χ3n) is 7.45. The highest BCUT2D eigenvalue weighted by Crippen LogP contribution is 2.35. The zero-order chi connectivity index (χ0) is 26.5. The molecule has 0 saturated heterocycles. The maximum atomic E-state index is 6.46. The Hall–Kier alpha value is -4.90. The van der Waals surface area contributed by atoms with Crippen molar-refractivity contribution >= 4 is 32.8 Å². The molecule has 0 aliphatic heterocycles. The fourth-order valence-corrected chi connectivity index (χ4v) is 5.48. The van der Waals surface area contributed by atoms with Gasteiger partial charge in [0.25, 0.3) is 0 Å². The van der Waals surface area contributed by atoms with Crippen LogP contribution in [0.15, 0.2) is 116 Å². The van der Waals surface area contributed by atoms with Crippen LogP contribution in [0, 0.1) is 0 Å². The van der Waals surface area contributed by atoms with Gasteiger partial charge in [-0.25, -0.2) is 9.55 Å². The van der Waals surface area contributed by atoms with Crippen LogP contribution in [0.1, 0.15) is 25.3 Å². The second-order valence-corrected chi connectivity index (χ2v) is 10.3. The number of aromatic nitrogens is 4. The van der Waals surface area contributed by atoms with E-state index in [1.54, 1.807) is 0 Å². The number of pyridine rings is 1. The van der Waals surface area contributed by atoms with Crippen molar-refractivity contribution in [2.75, 3.05) is 0 Å². The molecule has 0 bridgehead atoms. The van der Waals surface area contributed by atoms with E-state index >= 15 is 0 Å². The number of aryl methyl sites for hydroxylation is 1. The van der Waals surface area contributed by atoms with Gasteiger partial charge in [-0.1, -0.05) is 50.2 Å². The fraction of sp³-hybridized carbons (Fsp3) is 0.118. The molecule has 5 nitrogen and oxygen atoms in total. The molecule has 0 atom stereocenters. The number of rotatable bonds is 5. The van der Waals surface area contributed by atoms with Crippen molar-refractivity contribution in [1.29, 1.82) is 0 Å². The Balaban J connectivity index is 1.33. The molecule has 190 valence electrons. The molecule has 5 heteroatoms. The van der Waals surface area contributed by atoms with Crippen LogP contribution >= 0.6 is 0 Å². The summed E-state index contributed by atoms with van der Waals surface area (Å²) in [7, 11) is 2.07. The van der Waals surface area contributed by atoms with Crippen LogP contribution < -0.4 is 9.30 Å². The van der Waals surface area contributed by atoms with Gasteiger partial charge in [-0.15, -0.1) is 0 Å². The molecule has 0 saturated carbocycles. The first kappa shape index (κ1) is 23.2. The van der Waals surface area contributed by atoms with Gasteiger partial charge in [0.05, 0.1) is 18.1 Å². The summed E-state index contributed by atoms with van der Waals surface area (Å²) in [5, 5.41) is 2.37. The van der Waals surface area contributed by atoms with Gasteiger partial charge < -0.3 is 4.74 Å². The molecule has 0 aliphatic rings. The van der Waals surface area contributed by atoms with Crippen molar-refractivity contribution < 1.29 is 9.30 Å². The van der Waals surface area contributed by atoms with Gasteiger partial charge in [0.1, 0.15) is 23.0 Å². The second kappa shape index (κ2) is 9.14. The molecule has 0 aliphatic carbocycles. The molecule has 0 radical (unpaired) electrons. The average Bonchev–Trinajstić information content (AvgIpc) is 3.48. The largest absolute Gasteiger partial charge is 0.457 e. The van der Waals surface area contributed by atoms with Gasteiger partial charge in [0.15, 0.2) is 11.0 Å². The molecule has 0 fully saturated rings. The van der Waals surface area contributed by atoms with E-state index in [9.17, 15) is 0 Å². The van der Waals surface area contributed by atoms with Crippen LogP contribution in [0.3, 0.4) is 0 Å². The van der Waals surface area contributed by atoms with E-state index in [1.807, 2.05) is 18.3 Å². The van der Waals surface area contributed by atoms with Crippen LogP contribution in [0.25, 0.3) is 44.3 Å². The Morgan fingerprint density at radius 2 is 1.49 bits per heavy atom. The number of nitrogens with zero attached hydrogens (tertiary/aromatic N) is 4. The second-order valence-electron chi connectivity index (χ2n) is 10.3. The summed E-state index contributed by atoms with van der Waals surface area (Å²) in [4.78, 5) is 4.77. The molecule has 3 aromatic heterocycles. The predicted octanol–water partition coefficient (Wildman–Crippen LogP) is 7.86. The summed E-state index contributed by atoms with van der Waals surface area (Å²) in [5.41, 5.74) is 6.85. The van der Waals surface area contributed by atoms with Crippen LogP contribution in [0.2, 0.25) is 0 Å². The van der Waals surface area contributed by atoms with Gasteiger partial charge in [0.2, 0.25) is 6.33 Å². The van der Waals surface area contributed by atoms with Crippen LogP contribution in [0.4, 0.5) is 0 Å². The van der Waals surface area contributed by atoms with Crippen molar-refractivity contribution in [3.05, 3.63) is 121 Å². The quantitative estimate of drug-likeness (QED) is 0.221. The van der Waals surface area contributed by atoms with Crippen LogP contribution in [-0.2, 0) is 7.05 Å². The molecule has 0 spiro atoms. The monoisotopic (exact) mass is 509 g/mol. The van der Waals surface area contributed by atoms with E-state index < -0.39 is 0 Å². The predicted molar refractivity (Wildman–Crippen MR) is 157 cm³/mol. The molecule has 7 rings (SSSR count). The number of imidazole rings is 1. The first-order valence-corrected chi connectivity index (χ1v) is 13.3. The standard InChI is InChI=1S/C34H29N4O/c1-23(2)24-17-18-35-34(19-24)38-30-12-5-4-11-28(30)29-16-15-27(21-33(29)38)39-26-10-8-9-25(20-26)37-22-36(3)31-13-6-7-14-32(31)37/h4-23H,1-3H3/q+1. The Morgan fingerprint density at radius 1 is 0.718 bits per heavy atom. The topological polar surface area (TPSA) is 35.9 Å². The summed E-state index contributed by atoms with van der Waals surface area (Å²) in [5.74, 6) is 2.91. The number of benzene rings is 4. The third kappa shape index (κ3) is 3.94. The maximum absolute atomic E-state index is 6.46. The summed E-state index contributed by atoms with van der Waals surface area (Å²) in [6.07, 6.45) is 4.01. The molecule has 0 unspecified atom stereocenters. The first-order valence-electron chi connectivity index (χ1n) is 13.3. The lowest BCUT2D eigenvalue weighted by Crippen LogP contribution is -2.25. The lowest BCUT2D eigenvalue weighted by atomic mass is 10.1. The SMILES string of the molecule is CC(C)c1ccnc(-n2c3ccccc3c3ccc(Oc4cccc(-n5c[n+](C)c6ccccc65)c4)cc32)c1. The van der Waals surface area contributed by atoms with Crippen LogP contribution in [0.5, 0.6) is 11.5 Å². The molecular formula is C34H29N4O+. The van der Waals surface area contributed by atoms with E-state index in [2.05, 4.69) is 132 Å². The van der Waals surface area contributed by atoms with Crippen molar-refractivity contribution in [2.45, 2.75) is 19.8 Å². The summed E-state index contributed by atoms with van der Waals surface area (Å²) < 4.78 is 13.0. The number of hydrogen-bond donors (Lipinski definition) is 0.